The number of aromatic nitrogens is 1. The Morgan fingerprint density at radius 3 is 2.45 bits per heavy atom. The highest BCUT2D eigenvalue weighted by Crippen LogP contribution is 2.28. The van der Waals surface area contributed by atoms with Crippen molar-refractivity contribution in [2.24, 2.45) is 5.92 Å². The lowest BCUT2D eigenvalue weighted by Crippen LogP contribution is -2.46. The molecule has 0 spiro atoms. The van der Waals surface area contributed by atoms with E-state index < -0.39 is 0 Å². The van der Waals surface area contributed by atoms with Crippen molar-refractivity contribution in [3.63, 3.8) is 0 Å². The Kier molecular flexibility index (Phi) is 7.48. The monoisotopic (exact) mass is 445 g/mol. The van der Waals surface area contributed by atoms with E-state index in [9.17, 15) is 9.59 Å². The van der Waals surface area contributed by atoms with Gasteiger partial charge in [-0.2, -0.15) is 0 Å². The maximum Gasteiger partial charge on any atom is 0.242 e. The molecule has 1 saturated carbocycles. The molecule has 0 radical (unpaired) electrons. The van der Waals surface area contributed by atoms with Crippen LogP contribution in [0.25, 0.3) is 10.9 Å². The maximum absolute atomic E-state index is 13.5. The highest BCUT2D eigenvalue weighted by atomic mass is 16.2. The summed E-state index contributed by atoms with van der Waals surface area (Å²) in [4.78, 5) is 33.4. The number of nitrogens with zero attached hydrogens (tertiary/aromatic N) is 2. The van der Waals surface area contributed by atoms with E-state index in [1.54, 1.807) is 4.90 Å². The highest BCUT2D eigenvalue weighted by Gasteiger charge is 2.30. The van der Waals surface area contributed by atoms with Gasteiger partial charge in [0.15, 0.2) is 0 Å². The SMILES string of the molecule is CCCN(CC(=O)N(CCc1c[nH]c2ccccc12)Cc1ccc(C)cc1)C(=O)C1CCC1. The van der Waals surface area contributed by atoms with Crippen molar-refractivity contribution in [2.45, 2.75) is 52.5 Å². The average molecular weight is 446 g/mol. The first kappa shape index (κ1) is 23.1. The Balaban J connectivity index is 1.49. The number of hydrogen-bond donors (Lipinski definition) is 1. The van der Waals surface area contributed by atoms with Gasteiger partial charge in [-0.15, -0.1) is 0 Å². The van der Waals surface area contributed by atoms with Crippen LogP contribution in [-0.4, -0.2) is 46.2 Å². The molecule has 0 unspecified atom stereocenters. The number of H-pyrrole nitrogens is 1. The first-order chi connectivity index (χ1) is 16.0. The van der Waals surface area contributed by atoms with E-state index in [0.717, 1.165) is 43.2 Å². The molecule has 4 rings (SSSR count). The van der Waals surface area contributed by atoms with Crippen LogP contribution < -0.4 is 0 Å². The van der Waals surface area contributed by atoms with Crippen LogP contribution in [0.5, 0.6) is 0 Å². The molecule has 0 saturated heterocycles. The number of carbonyl (C=O) groups excluding carboxylic acids is 2. The summed E-state index contributed by atoms with van der Waals surface area (Å²) in [5.74, 6) is 0.293. The maximum atomic E-state index is 13.5. The first-order valence-electron chi connectivity index (χ1n) is 12.2. The fraction of sp³-hybridized carbons (Fsp3) is 0.429. The fourth-order valence-electron chi connectivity index (χ4n) is 4.51. The predicted molar refractivity (Wildman–Crippen MR) is 133 cm³/mol. The second kappa shape index (κ2) is 10.7. The van der Waals surface area contributed by atoms with E-state index in [-0.39, 0.29) is 24.3 Å². The van der Waals surface area contributed by atoms with Crippen LogP contribution in [0, 0.1) is 12.8 Å². The third-order valence-corrected chi connectivity index (χ3v) is 6.76. The van der Waals surface area contributed by atoms with Crippen LogP contribution in [0.4, 0.5) is 0 Å². The summed E-state index contributed by atoms with van der Waals surface area (Å²) in [5, 5.41) is 1.20. The molecule has 5 nitrogen and oxygen atoms in total. The Morgan fingerprint density at radius 2 is 1.76 bits per heavy atom. The van der Waals surface area contributed by atoms with Crippen LogP contribution >= 0.6 is 0 Å². The summed E-state index contributed by atoms with van der Waals surface area (Å²) in [7, 11) is 0. The number of aryl methyl sites for hydroxylation is 1. The van der Waals surface area contributed by atoms with Gasteiger partial charge in [0.2, 0.25) is 11.8 Å². The highest BCUT2D eigenvalue weighted by molar-refractivity contribution is 5.86. The van der Waals surface area contributed by atoms with E-state index in [1.807, 2.05) is 23.2 Å². The number of hydrogen-bond acceptors (Lipinski definition) is 2. The molecule has 1 heterocycles. The zero-order chi connectivity index (χ0) is 23.2. The van der Waals surface area contributed by atoms with Crippen molar-refractivity contribution in [1.82, 2.24) is 14.8 Å². The largest absolute Gasteiger partial charge is 0.361 e. The van der Waals surface area contributed by atoms with Crippen molar-refractivity contribution in [3.05, 3.63) is 71.4 Å². The minimum absolute atomic E-state index is 0.0246. The molecule has 2 amide bonds. The van der Waals surface area contributed by atoms with Crippen molar-refractivity contribution in [1.29, 1.82) is 0 Å². The fourth-order valence-corrected chi connectivity index (χ4v) is 4.51. The van der Waals surface area contributed by atoms with Crippen molar-refractivity contribution in [2.75, 3.05) is 19.6 Å². The third kappa shape index (κ3) is 5.65. The lowest BCUT2D eigenvalue weighted by atomic mass is 9.84. The van der Waals surface area contributed by atoms with E-state index in [1.165, 1.54) is 16.5 Å². The van der Waals surface area contributed by atoms with E-state index >= 15 is 0 Å². The van der Waals surface area contributed by atoms with Crippen LogP contribution in [0.3, 0.4) is 0 Å². The molecule has 0 aliphatic heterocycles. The lowest BCUT2D eigenvalue weighted by Gasteiger charge is -2.33. The van der Waals surface area contributed by atoms with E-state index in [2.05, 4.69) is 55.2 Å². The molecule has 0 bridgehead atoms. The van der Waals surface area contributed by atoms with E-state index in [4.69, 9.17) is 0 Å². The second-order valence-corrected chi connectivity index (χ2v) is 9.30. The molecule has 1 fully saturated rings. The third-order valence-electron chi connectivity index (χ3n) is 6.76. The molecule has 3 aromatic rings. The van der Waals surface area contributed by atoms with Crippen molar-refractivity contribution in [3.8, 4) is 0 Å². The number of nitrogens with one attached hydrogen (secondary N) is 1. The van der Waals surface area contributed by atoms with Crippen LogP contribution in [-0.2, 0) is 22.6 Å². The molecular weight excluding hydrogens is 410 g/mol. The molecule has 5 heteroatoms. The molecule has 1 aliphatic rings. The van der Waals surface area contributed by atoms with Gasteiger partial charge < -0.3 is 14.8 Å². The summed E-state index contributed by atoms with van der Waals surface area (Å²) in [6.45, 7) is 6.11. The first-order valence-corrected chi connectivity index (χ1v) is 12.2. The van der Waals surface area contributed by atoms with Gasteiger partial charge in [-0.25, -0.2) is 0 Å². The summed E-state index contributed by atoms with van der Waals surface area (Å²) in [5.41, 5.74) is 4.64. The standard InChI is InChI=1S/C28H35N3O2/c1-3-16-31(28(33)23-7-6-8-23)20-27(32)30(19-22-13-11-21(2)12-14-22)17-15-24-18-29-26-10-5-4-9-25(24)26/h4-5,9-14,18,23,29H,3,6-8,15-17,19-20H2,1-2H3. The number of para-hydroxylation sites is 1. The molecular formula is C28H35N3O2. The number of rotatable bonds is 10. The van der Waals surface area contributed by atoms with Crippen LogP contribution in [0.2, 0.25) is 0 Å². The van der Waals surface area contributed by atoms with E-state index in [0.29, 0.717) is 19.6 Å². The number of benzene rings is 2. The molecule has 2 aromatic carbocycles. The van der Waals surface area contributed by atoms with Gasteiger partial charge in [0, 0.05) is 42.7 Å². The number of amides is 2. The molecule has 1 N–H and O–H groups in total. The summed E-state index contributed by atoms with van der Waals surface area (Å²) in [6, 6.07) is 16.6. The summed E-state index contributed by atoms with van der Waals surface area (Å²) in [6.07, 6.45) is 6.71. The van der Waals surface area contributed by atoms with Gasteiger partial charge in [-0.05, 0) is 49.8 Å². The van der Waals surface area contributed by atoms with Gasteiger partial charge in [0.05, 0.1) is 6.54 Å². The number of aromatic amines is 1. The minimum atomic E-state index is 0.0246. The zero-order valence-electron chi connectivity index (χ0n) is 19.8. The second-order valence-electron chi connectivity index (χ2n) is 9.30. The molecule has 1 aliphatic carbocycles. The Labute approximate surface area is 196 Å². The quantitative estimate of drug-likeness (QED) is 0.473. The average Bonchev–Trinajstić information content (AvgIpc) is 3.19. The van der Waals surface area contributed by atoms with Crippen molar-refractivity contribution >= 4 is 22.7 Å². The summed E-state index contributed by atoms with van der Waals surface area (Å²) >= 11 is 0. The van der Waals surface area contributed by atoms with Gasteiger partial charge in [0.25, 0.3) is 0 Å². The molecule has 0 atom stereocenters. The zero-order valence-corrected chi connectivity index (χ0v) is 19.8. The van der Waals surface area contributed by atoms with Gasteiger partial charge >= 0.3 is 0 Å². The molecule has 174 valence electrons. The van der Waals surface area contributed by atoms with Gasteiger partial charge in [-0.1, -0.05) is 61.4 Å². The number of fused-ring (bicyclic) bond motifs is 1. The minimum Gasteiger partial charge on any atom is -0.361 e. The predicted octanol–water partition coefficient (Wildman–Crippen LogP) is 5.09. The molecule has 33 heavy (non-hydrogen) atoms. The molecule has 1 aromatic heterocycles. The number of carbonyl (C=O) groups is 2. The Bertz CT molecular complexity index is 1080. The lowest BCUT2D eigenvalue weighted by molar-refractivity contribution is -0.145. The normalized spacial score (nSPS) is 13.6. The van der Waals surface area contributed by atoms with Gasteiger partial charge in [0.1, 0.15) is 0 Å². The Hall–Kier alpha value is -3.08. The van der Waals surface area contributed by atoms with Crippen LogP contribution in [0.1, 0.15) is 49.3 Å². The topological polar surface area (TPSA) is 56.4 Å². The van der Waals surface area contributed by atoms with Crippen molar-refractivity contribution < 1.29 is 9.59 Å². The van der Waals surface area contributed by atoms with Gasteiger partial charge in [-0.3, -0.25) is 9.59 Å². The smallest absolute Gasteiger partial charge is 0.242 e. The van der Waals surface area contributed by atoms with Crippen LogP contribution in [0.15, 0.2) is 54.7 Å². The Morgan fingerprint density at radius 1 is 1.00 bits per heavy atom. The summed E-state index contributed by atoms with van der Waals surface area (Å²) < 4.78 is 0.